The highest BCUT2D eigenvalue weighted by molar-refractivity contribution is 5.98. The Kier molecular flexibility index (Phi) is 6.26. The maximum atomic E-state index is 12.1. The Balaban J connectivity index is 1.46. The quantitative estimate of drug-likeness (QED) is 0.416. The zero-order chi connectivity index (χ0) is 19.9. The van der Waals surface area contributed by atoms with Crippen molar-refractivity contribution < 1.29 is 23.5 Å². The van der Waals surface area contributed by atoms with Crippen molar-refractivity contribution in [3.8, 4) is 5.75 Å². The van der Waals surface area contributed by atoms with E-state index in [-0.39, 0.29) is 18.8 Å². The second-order valence-electron chi connectivity index (χ2n) is 6.13. The average molecular weight is 383 g/mol. The van der Waals surface area contributed by atoms with Gasteiger partial charge >= 0.3 is 11.7 Å². The van der Waals surface area contributed by atoms with Crippen molar-refractivity contribution in [2.24, 2.45) is 0 Å². The molecule has 3 rings (SSSR count). The third-order valence-electron chi connectivity index (χ3n) is 4.19. The predicted octanol–water partition coefficient (Wildman–Crippen LogP) is 3.20. The van der Waals surface area contributed by atoms with E-state index in [0.29, 0.717) is 42.0 Å². The number of hydrogen-bond donors (Lipinski definition) is 0. The highest BCUT2D eigenvalue weighted by atomic mass is 16.5. The molecule has 0 aliphatic rings. The summed E-state index contributed by atoms with van der Waals surface area (Å²) in [6.07, 6.45) is 0.502. The molecule has 0 atom stereocenters. The van der Waals surface area contributed by atoms with Crippen LogP contribution < -0.4 is 10.5 Å². The summed E-state index contributed by atoms with van der Waals surface area (Å²) in [5.41, 5.74) is 1.65. The first-order chi connectivity index (χ1) is 13.6. The third kappa shape index (κ3) is 4.68. The Labute approximate surface area is 161 Å². The van der Waals surface area contributed by atoms with Crippen molar-refractivity contribution in [1.29, 1.82) is 0 Å². The predicted molar refractivity (Wildman–Crippen MR) is 103 cm³/mol. The van der Waals surface area contributed by atoms with Gasteiger partial charge < -0.3 is 13.9 Å². The number of ketones is 1. The Morgan fingerprint density at radius 2 is 1.82 bits per heavy atom. The highest BCUT2D eigenvalue weighted by Crippen LogP contribution is 2.14. The molecule has 0 radical (unpaired) electrons. The maximum absolute atomic E-state index is 12.1. The van der Waals surface area contributed by atoms with Crippen LogP contribution in [0.2, 0.25) is 0 Å². The van der Waals surface area contributed by atoms with Crippen LogP contribution in [0.4, 0.5) is 0 Å². The summed E-state index contributed by atoms with van der Waals surface area (Å²) in [6.45, 7) is 2.44. The van der Waals surface area contributed by atoms with E-state index >= 15 is 0 Å². The maximum Gasteiger partial charge on any atom is 0.419 e. The molecule has 0 bridgehead atoms. The van der Waals surface area contributed by atoms with Gasteiger partial charge in [-0.3, -0.25) is 14.2 Å². The van der Waals surface area contributed by atoms with E-state index in [9.17, 15) is 14.4 Å². The lowest BCUT2D eigenvalue weighted by molar-refractivity contribution is -0.142. The summed E-state index contributed by atoms with van der Waals surface area (Å²) in [4.78, 5) is 35.9. The number of esters is 1. The average Bonchev–Trinajstić information content (AvgIpc) is 3.02. The van der Waals surface area contributed by atoms with E-state index in [1.54, 1.807) is 42.5 Å². The molecule has 7 nitrogen and oxygen atoms in total. The molecular weight excluding hydrogens is 362 g/mol. The first-order valence-electron chi connectivity index (χ1n) is 9.08. The van der Waals surface area contributed by atoms with Gasteiger partial charge in [-0.05, 0) is 49.7 Å². The first-order valence-corrected chi connectivity index (χ1v) is 9.08. The molecule has 28 heavy (non-hydrogen) atoms. The largest absolute Gasteiger partial charge is 0.494 e. The molecule has 0 aliphatic heterocycles. The number of nitrogens with zero attached hydrogens (tertiary/aromatic N) is 1. The molecule has 0 spiro atoms. The smallest absolute Gasteiger partial charge is 0.419 e. The number of hydrogen-bond acceptors (Lipinski definition) is 6. The van der Waals surface area contributed by atoms with Gasteiger partial charge in [0.25, 0.3) is 0 Å². The minimum Gasteiger partial charge on any atom is -0.494 e. The van der Waals surface area contributed by atoms with Crippen LogP contribution >= 0.6 is 0 Å². The zero-order valence-corrected chi connectivity index (χ0v) is 15.6. The van der Waals surface area contributed by atoms with E-state index in [4.69, 9.17) is 13.9 Å². The van der Waals surface area contributed by atoms with Crippen LogP contribution in [0.3, 0.4) is 0 Å². The molecule has 0 unspecified atom stereocenters. The van der Waals surface area contributed by atoms with E-state index in [0.717, 1.165) is 0 Å². The molecule has 3 aromatic rings. The third-order valence-corrected chi connectivity index (χ3v) is 4.19. The van der Waals surface area contributed by atoms with Gasteiger partial charge in [0.2, 0.25) is 0 Å². The molecule has 0 amide bonds. The summed E-state index contributed by atoms with van der Waals surface area (Å²) in [5.74, 6) is -0.549. The molecule has 0 N–H and O–H groups in total. The van der Waals surface area contributed by atoms with Crippen molar-refractivity contribution in [3.63, 3.8) is 0 Å². The van der Waals surface area contributed by atoms with Gasteiger partial charge in [-0.2, -0.15) is 0 Å². The van der Waals surface area contributed by atoms with Crippen molar-refractivity contribution >= 4 is 22.9 Å². The van der Waals surface area contributed by atoms with Gasteiger partial charge in [-0.15, -0.1) is 0 Å². The van der Waals surface area contributed by atoms with Gasteiger partial charge in [-0.1, -0.05) is 12.1 Å². The molecule has 0 aliphatic carbocycles. The van der Waals surface area contributed by atoms with Crippen molar-refractivity contribution in [3.05, 3.63) is 64.6 Å². The second-order valence-corrected chi connectivity index (χ2v) is 6.13. The molecule has 7 heteroatoms. The van der Waals surface area contributed by atoms with E-state index in [1.807, 2.05) is 13.0 Å². The summed E-state index contributed by atoms with van der Waals surface area (Å²) in [6, 6.07) is 13.8. The fraction of sp³-hybridized carbons (Fsp3) is 0.286. The van der Waals surface area contributed by atoms with Crippen LogP contribution in [0.5, 0.6) is 5.75 Å². The normalized spacial score (nSPS) is 10.8. The number of Topliss-reactive ketones (excluding diaryl/α,β-unsaturated/α-hetero) is 1. The minimum atomic E-state index is -0.486. The van der Waals surface area contributed by atoms with Crippen LogP contribution in [-0.4, -0.2) is 29.5 Å². The number of ether oxygens (including phenoxy) is 2. The van der Waals surface area contributed by atoms with Crippen molar-refractivity contribution in [1.82, 2.24) is 4.57 Å². The second kappa shape index (κ2) is 9.03. The Hall–Kier alpha value is -3.35. The number of oxazole rings is 1. The lowest BCUT2D eigenvalue weighted by Gasteiger charge is -2.06. The molecule has 0 saturated carbocycles. The fourth-order valence-electron chi connectivity index (χ4n) is 2.81. The molecule has 146 valence electrons. The van der Waals surface area contributed by atoms with Crippen LogP contribution in [0, 0.1) is 0 Å². The Morgan fingerprint density at radius 3 is 2.57 bits per heavy atom. The first kappa shape index (κ1) is 19.4. The standard InChI is InChI=1S/C21H21NO6/c1-2-26-16-11-9-15(10-12-16)18(23)14-27-20(24)8-5-13-22-17-6-3-4-7-19(17)28-21(22)25/h3-4,6-7,9-12H,2,5,8,13-14H2,1H3. The summed E-state index contributed by atoms with van der Waals surface area (Å²) < 4.78 is 17.0. The summed E-state index contributed by atoms with van der Waals surface area (Å²) in [5, 5.41) is 0. The fourth-order valence-corrected chi connectivity index (χ4v) is 2.81. The lowest BCUT2D eigenvalue weighted by Crippen LogP contribution is -2.17. The molecule has 0 fully saturated rings. The Morgan fingerprint density at radius 1 is 1.07 bits per heavy atom. The van der Waals surface area contributed by atoms with Gasteiger partial charge in [0.05, 0.1) is 12.1 Å². The van der Waals surface area contributed by atoms with E-state index < -0.39 is 11.7 Å². The van der Waals surface area contributed by atoms with Crippen LogP contribution in [-0.2, 0) is 16.1 Å². The number of carbonyl (C=O) groups is 2. The number of carbonyl (C=O) groups excluding carboxylic acids is 2. The Bertz CT molecular complexity index is 1020. The van der Waals surface area contributed by atoms with Crippen molar-refractivity contribution in [2.75, 3.05) is 13.2 Å². The molecule has 1 heterocycles. The number of para-hydroxylation sites is 2. The van der Waals surface area contributed by atoms with Gasteiger partial charge in [-0.25, -0.2) is 4.79 Å². The molecular formula is C21H21NO6. The number of fused-ring (bicyclic) bond motifs is 1. The minimum absolute atomic E-state index is 0.0997. The highest BCUT2D eigenvalue weighted by Gasteiger charge is 2.12. The summed E-state index contributed by atoms with van der Waals surface area (Å²) in [7, 11) is 0. The van der Waals surface area contributed by atoms with Crippen LogP contribution in [0.1, 0.15) is 30.1 Å². The zero-order valence-electron chi connectivity index (χ0n) is 15.6. The summed E-state index contributed by atoms with van der Waals surface area (Å²) >= 11 is 0. The number of rotatable bonds is 9. The monoisotopic (exact) mass is 383 g/mol. The van der Waals surface area contributed by atoms with E-state index in [1.165, 1.54) is 4.57 Å². The number of aryl methyl sites for hydroxylation is 1. The van der Waals surface area contributed by atoms with Gasteiger partial charge in [0, 0.05) is 18.5 Å². The molecule has 1 aromatic heterocycles. The lowest BCUT2D eigenvalue weighted by atomic mass is 10.1. The number of benzene rings is 2. The SMILES string of the molecule is CCOc1ccc(C(=O)COC(=O)CCCn2c(=O)oc3ccccc32)cc1. The van der Waals surface area contributed by atoms with Crippen LogP contribution in [0.25, 0.3) is 11.1 Å². The number of aromatic nitrogens is 1. The van der Waals surface area contributed by atoms with Gasteiger partial charge in [0.1, 0.15) is 5.75 Å². The molecule has 0 saturated heterocycles. The topological polar surface area (TPSA) is 87.7 Å². The van der Waals surface area contributed by atoms with Gasteiger partial charge in [0.15, 0.2) is 18.0 Å². The van der Waals surface area contributed by atoms with Crippen LogP contribution in [0.15, 0.2) is 57.7 Å². The van der Waals surface area contributed by atoms with E-state index in [2.05, 4.69) is 0 Å². The molecule has 2 aromatic carbocycles. The van der Waals surface area contributed by atoms with Crippen molar-refractivity contribution in [2.45, 2.75) is 26.3 Å².